The van der Waals surface area contributed by atoms with Gasteiger partial charge in [0.25, 0.3) is 0 Å². The van der Waals surface area contributed by atoms with Crippen LogP contribution in [-0.4, -0.2) is 37.6 Å². The van der Waals surface area contributed by atoms with Crippen molar-refractivity contribution in [3.8, 4) is 0 Å². The fraction of sp³-hybridized carbons (Fsp3) is 1.00. The van der Waals surface area contributed by atoms with E-state index < -0.39 is 0 Å². The van der Waals surface area contributed by atoms with E-state index in [9.17, 15) is 0 Å². The molecule has 0 amide bonds. The van der Waals surface area contributed by atoms with E-state index in [2.05, 4.69) is 65.9 Å². The zero-order valence-corrected chi connectivity index (χ0v) is 14.0. The molecule has 0 aromatic carbocycles. The van der Waals surface area contributed by atoms with Gasteiger partial charge in [0.15, 0.2) is 0 Å². The molecule has 1 unspecified atom stereocenters. The van der Waals surface area contributed by atoms with Crippen LogP contribution < -0.4 is 5.32 Å². The topological polar surface area (TPSA) is 15.3 Å². The van der Waals surface area contributed by atoms with Crippen LogP contribution in [0.1, 0.15) is 54.4 Å². The average molecular weight is 256 g/mol. The predicted molar refractivity (Wildman–Crippen MR) is 83.0 cm³/mol. The van der Waals surface area contributed by atoms with Crippen molar-refractivity contribution in [2.24, 2.45) is 17.8 Å². The standard InChI is InChI=1S/C16H36N2/c1-9-14(10-2)15(18(7)8)11-17-16(12(3)4)13(5)6/h12-17H,9-11H2,1-8H3. The fourth-order valence-corrected chi connectivity index (χ4v) is 3.10. The van der Waals surface area contributed by atoms with Gasteiger partial charge >= 0.3 is 0 Å². The zero-order valence-electron chi connectivity index (χ0n) is 14.0. The van der Waals surface area contributed by atoms with Gasteiger partial charge in [0, 0.05) is 18.6 Å². The van der Waals surface area contributed by atoms with E-state index in [1.54, 1.807) is 0 Å². The Morgan fingerprint density at radius 3 is 1.61 bits per heavy atom. The number of hydrogen-bond acceptors (Lipinski definition) is 2. The molecule has 0 aromatic heterocycles. The summed E-state index contributed by atoms with van der Waals surface area (Å²) in [6.45, 7) is 15.0. The van der Waals surface area contributed by atoms with Gasteiger partial charge in [-0.2, -0.15) is 0 Å². The molecule has 0 aliphatic carbocycles. The van der Waals surface area contributed by atoms with Gasteiger partial charge < -0.3 is 10.2 Å². The summed E-state index contributed by atoms with van der Waals surface area (Å²) in [6, 6.07) is 1.28. The van der Waals surface area contributed by atoms with Crippen LogP contribution in [0.4, 0.5) is 0 Å². The molecule has 0 saturated carbocycles. The van der Waals surface area contributed by atoms with E-state index in [1.807, 2.05) is 0 Å². The maximum Gasteiger partial charge on any atom is 0.0242 e. The lowest BCUT2D eigenvalue weighted by atomic mass is 9.90. The van der Waals surface area contributed by atoms with E-state index in [1.165, 1.54) is 12.8 Å². The Bertz CT molecular complexity index is 187. The summed E-state index contributed by atoms with van der Waals surface area (Å²) in [7, 11) is 4.43. The second kappa shape index (κ2) is 8.92. The van der Waals surface area contributed by atoms with Gasteiger partial charge in [-0.25, -0.2) is 0 Å². The average Bonchev–Trinajstić information content (AvgIpc) is 2.27. The summed E-state index contributed by atoms with van der Waals surface area (Å²) in [5.74, 6) is 2.21. The SMILES string of the molecule is CCC(CC)C(CNC(C(C)C)C(C)C)N(C)C. The van der Waals surface area contributed by atoms with Crippen molar-refractivity contribution in [1.82, 2.24) is 10.2 Å². The van der Waals surface area contributed by atoms with Crippen molar-refractivity contribution < 1.29 is 0 Å². The molecule has 0 heterocycles. The van der Waals surface area contributed by atoms with Crippen molar-refractivity contribution in [2.45, 2.75) is 66.5 Å². The quantitative estimate of drug-likeness (QED) is 0.678. The molecule has 0 bridgehead atoms. The van der Waals surface area contributed by atoms with Gasteiger partial charge in [0.1, 0.15) is 0 Å². The second-order valence-electron chi connectivity index (χ2n) is 6.53. The number of likely N-dealkylation sites (N-methyl/N-ethyl adjacent to an activating group) is 1. The number of rotatable bonds is 9. The maximum absolute atomic E-state index is 3.81. The third-order valence-electron chi connectivity index (χ3n) is 4.26. The van der Waals surface area contributed by atoms with Crippen LogP contribution >= 0.6 is 0 Å². The van der Waals surface area contributed by atoms with Gasteiger partial charge in [-0.05, 0) is 31.8 Å². The Morgan fingerprint density at radius 2 is 1.33 bits per heavy atom. The first-order valence-corrected chi connectivity index (χ1v) is 7.74. The van der Waals surface area contributed by atoms with Crippen molar-refractivity contribution in [3.05, 3.63) is 0 Å². The summed E-state index contributed by atoms with van der Waals surface area (Å²) >= 11 is 0. The molecule has 18 heavy (non-hydrogen) atoms. The van der Waals surface area contributed by atoms with Crippen LogP contribution in [0.5, 0.6) is 0 Å². The Kier molecular flexibility index (Phi) is 8.89. The predicted octanol–water partition coefficient (Wildman–Crippen LogP) is 3.62. The Morgan fingerprint density at radius 1 is 0.889 bits per heavy atom. The molecule has 0 aromatic rings. The summed E-state index contributed by atoms with van der Waals surface area (Å²) in [5, 5.41) is 3.81. The Balaban J connectivity index is 4.50. The molecule has 2 heteroatoms. The molecule has 0 aliphatic rings. The van der Waals surface area contributed by atoms with E-state index in [0.29, 0.717) is 23.9 Å². The second-order valence-corrected chi connectivity index (χ2v) is 6.53. The first-order valence-electron chi connectivity index (χ1n) is 7.74. The van der Waals surface area contributed by atoms with Gasteiger partial charge in [0.05, 0.1) is 0 Å². The lowest BCUT2D eigenvalue weighted by Crippen LogP contribution is -2.48. The molecule has 110 valence electrons. The van der Waals surface area contributed by atoms with Gasteiger partial charge in [-0.15, -0.1) is 0 Å². The highest BCUT2D eigenvalue weighted by molar-refractivity contribution is 4.81. The van der Waals surface area contributed by atoms with Crippen LogP contribution in [0.25, 0.3) is 0 Å². The monoisotopic (exact) mass is 256 g/mol. The normalized spacial score (nSPS) is 14.5. The van der Waals surface area contributed by atoms with Crippen molar-refractivity contribution in [3.63, 3.8) is 0 Å². The lowest BCUT2D eigenvalue weighted by Gasteiger charge is -2.35. The third kappa shape index (κ3) is 5.71. The highest BCUT2D eigenvalue weighted by Crippen LogP contribution is 2.18. The first-order chi connectivity index (χ1) is 8.34. The largest absolute Gasteiger partial charge is 0.312 e. The van der Waals surface area contributed by atoms with E-state index in [4.69, 9.17) is 0 Å². The third-order valence-corrected chi connectivity index (χ3v) is 4.26. The van der Waals surface area contributed by atoms with Crippen molar-refractivity contribution in [1.29, 1.82) is 0 Å². The molecule has 0 rings (SSSR count). The molecule has 0 aliphatic heterocycles. The molecular formula is C16H36N2. The van der Waals surface area contributed by atoms with E-state index >= 15 is 0 Å². The van der Waals surface area contributed by atoms with Gasteiger partial charge in [-0.3, -0.25) is 0 Å². The fourth-order valence-electron chi connectivity index (χ4n) is 3.10. The summed E-state index contributed by atoms with van der Waals surface area (Å²) < 4.78 is 0. The molecule has 0 radical (unpaired) electrons. The minimum absolute atomic E-state index is 0.627. The van der Waals surface area contributed by atoms with Crippen LogP contribution in [-0.2, 0) is 0 Å². The lowest BCUT2D eigenvalue weighted by molar-refractivity contribution is 0.177. The molecular weight excluding hydrogens is 220 g/mol. The summed E-state index contributed by atoms with van der Waals surface area (Å²) in [5.41, 5.74) is 0. The van der Waals surface area contributed by atoms with Gasteiger partial charge in [0.2, 0.25) is 0 Å². The smallest absolute Gasteiger partial charge is 0.0242 e. The Hall–Kier alpha value is -0.0800. The minimum Gasteiger partial charge on any atom is -0.312 e. The number of hydrogen-bond donors (Lipinski definition) is 1. The zero-order chi connectivity index (χ0) is 14.3. The first kappa shape index (κ1) is 17.9. The molecule has 1 atom stereocenters. The molecule has 0 spiro atoms. The molecule has 0 saturated heterocycles. The van der Waals surface area contributed by atoms with E-state index in [-0.39, 0.29) is 0 Å². The van der Waals surface area contributed by atoms with Crippen LogP contribution in [0.3, 0.4) is 0 Å². The highest BCUT2D eigenvalue weighted by Gasteiger charge is 2.23. The van der Waals surface area contributed by atoms with Crippen molar-refractivity contribution in [2.75, 3.05) is 20.6 Å². The van der Waals surface area contributed by atoms with Crippen LogP contribution in [0.2, 0.25) is 0 Å². The highest BCUT2D eigenvalue weighted by atomic mass is 15.1. The van der Waals surface area contributed by atoms with Crippen LogP contribution in [0, 0.1) is 17.8 Å². The van der Waals surface area contributed by atoms with Crippen LogP contribution in [0.15, 0.2) is 0 Å². The molecule has 0 fully saturated rings. The number of nitrogens with zero attached hydrogens (tertiary/aromatic N) is 1. The minimum atomic E-state index is 0.627. The number of nitrogens with one attached hydrogen (secondary N) is 1. The Labute approximate surface area is 116 Å². The van der Waals surface area contributed by atoms with Crippen molar-refractivity contribution >= 4 is 0 Å². The van der Waals surface area contributed by atoms with E-state index in [0.717, 1.165) is 12.5 Å². The summed E-state index contributed by atoms with van der Waals surface area (Å²) in [4.78, 5) is 2.39. The molecule has 1 N–H and O–H groups in total. The maximum atomic E-state index is 3.81. The van der Waals surface area contributed by atoms with Gasteiger partial charge in [-0.1, -0.05) is 54.4 Å². The summed E-state index contributed by atoms with van der Waals surface area (Å²) in [6.07, 6.45) is 2.55. The molecule has 2 nitrogen and oxygen atoms in total.